The fourth-order valence-corrected chi connectivity index (χ4v) is 2.06. The average Bonchev–Trinajstić information content (AvgIpc) is 3.00. The fraction of sp³-hybridized carbons (Fsp3) is 0.333. The first-order valence-electron chi connectivity index (χ1n) is 7.84. The third-order valence-corrected chi connectivity index (χ3v) is 3.09. The van der Waals surface area contributed by atoms with Gasteiger partial charge >= 0.3 is 6.09 Å². The second-order valence-electron chi connectivity index (χ2n) is 6.34. The second kappa shape index (κ2) is 7.68. The molecule has 0 aliphatic rings. The summed E-state index contributed by atoms with van der Waals surface area (Å²) in [6, 6.07) is 13.4. The average molecular weight is 329 g/mol. The van der Waals surface area contributed by atoms with Crippen LogP contribution in [0, 0.1) is 0 Å². The van der Waals surface area contributed by atoms with E-state index >= 15 is 0 Å². The molecule has 0 aliphatic carbocycles. The highest BCUT2D eigenvalue weighted by Crippen LogP contribution is 2.17. The third kappa shape index (κ3) is 5.46. The molecular weight excluding hydrogens is 306 g/mol. The molecule has 3 N–H and O–H groups in total. The molecule has 1 heterocycles. The molecule has 128 valence electrons. The lowest BCUT2D eigenvalue weighted by Crippen LogP contribution is -2.37. The predicted molar refractivity (Wildman–Crippen MR) is 92.8 cm³/mol. The summed E-state index contributed by atoms with van der Waals surface area (Å²) in [5, 5.41) is 5.33. The van der Waals surface area contributed by atoms with Crippen molar-refractivity contribution in [1.29, 1.82) is 0 Å². The summed E-state index contributed by atoms with van der Waals surface area (Å²) in [6.45, 7) is 6.00. The summed E-state index contributed by atoms with van der Waals surface area (Å²) in [4.78, 5) is 26.6. The van der Waals surface area contributed by atoms with Gasteiger partial charge in [-0.05, 0) is 38.5 Å². The van der Waals surface area contributed by atoms with Crippen molar-refractivity contribution >= 4 is 12.0 Å². The van der Waals surface area contributed by atoms with E-state index in [2.05, 4.69) is 15.6 Å². The lowest BCUT2D eigenvalue weighted by atomic mass is 10.2. The number of nitrogens with one attached hydrogen (secondary N) is 3. The molecule has 1 aromatic heterocycles. The van der Waals surface area contributed by atoms with E-state index < -0.39 is 11.7 Å². The summed E-state index contributed by atoms with van der Waals surface area (Å²) >= 11 is 0. The minimum absolute atomic E-state index is 0.219. The number of aromatic nitrogens is 1. The number of hydrogen-bond donors (Lipinski definition) is 3. The van der Waals surface area contributed by atoms with Crippen molar-refractivity contribution in [3.8, 4) is 11.3 Å². The van der Waals surface area contributed by atoms with Crippen molar-refractivity contribution in [1.82, 2.24) is 15.6 Å². The van der Waals surface area contributed by atoms with Gasteiger partial charge in [-0.3, -0.25) is 4.79 Å². The van der Waals surface area contributed by atoms with E-state index in [1.807, 2.05) is 36.4 Å². The van der Waals surface area contributed by atoms with Crippen LogP contribution >= 0.6 is 0 Å². The van der Waals surface area contributed by atoms with Crippen molar-refractivity contribution in [2.45, 2.75) is 26.4 Å². The van der Waals surface area contributed by atoms with Crippen LogP contribution in [0.5, 0.6) is 0 Å². The second-order valence-corrected chi connectivity index (χ2v) is 6.34. The first kappa shape index (κ1) is 17.6. The Balaban J connectivity index is 1.77. The Morgan fingerprint density at radius 3 is 2.33 bits per heavy atom. The normalized spacial score (nSPS) is 11.0. The predicted octanol–water partition coefficient (Wildman–Crippen LogP) is 2.94. The molecule has 0 saturated carbocycles. The lowest BCUT2D eigenvalue weighted by Gasteiger charge is -2.19. The Morgan fingerprint density at radius 1 is 1.00 bits per heavy atom. The molecule has 0 atom stereocenters. The number of rotatable bonds is 5. The maximum Gasteiger partial charge on any atom is 0.407 e. The number of carbonyl (C=O) groups excluding carboxylic acids is 2. The molecule has 0 radical (unpaired) electrons. The topological polar surface area (TPSA) is 83.2 Å². The molecule has 6 heteroatoms. The van der Waals surface area contributed by atoms with Gasteiger partial charge in [0.2, 0.25) is 0 Å². The van der Waals surface area contributed by atoms with E-state index in [1.54, 1.807) is 26.8 Å². The molecule has 2 aromatic rings. The number of aromatic amines is 1. The number of amides is 2. The summed E-state index contributed by atoms with van der Waals surface area (Å²) in [5.74, 6) is -0.219. The lowest BCUT2D eigenvalue weighted by molar-refractivity contribution is 0.0526. The Hall–Kier alpha value is -2.76. The number of ether oxygens (including phenoxy) is 1. The fourth-order valence-electron chi connectivity index (χ4n) is 2.06. The van der Waals surface area contributed by atoms with E-state index in [0.717, 1.165) is 11.3 Å². The summed E-state index contributed by atoms with van der Waals surface area (Å²) in [6.07, 6.45) is -0.497. The Morgan fingerprint density at radius 2 is 1.67 bits per heavy atom. The zero-order valence-electron chi connectivity index (χ0n) is 14.2. The Kier molecular flexibility index (Phi) is 5.63. The molecule has 0 spiro atoms. The highest BCUT2D eigenvalue weighted by atomic mass is 16.6. The van der Waals surface area contributed by atoms with Gasteiger partial charge in [-0.25, -0.2) is 4.79 Å². The van der Waals surface area contributed by atoms with E-state index in [1.165, 1.54) is 0 Å². The molecule has 1 aromatic carbocycles. The van der Waals surface area contributed by atoms with Gasteiger partial charge in [0.25, 0.3) is 5.91 Å². The molecule has 6 nitrogen and oxygen atoms in total. The SMILES string of the molecule is CC(C)(C)OC(=O)NCCNC(=O)c1ccc(-c2ccccc2)[nH]1. The van der Waals surface area contributed by atoms with Gasteiger partial charge < -0.3 is 20.4 Å². The van der Waals surface area contributed by atoms with Crippen LogP contribution in [-0.4, -0.2) is 35.7 Å². The van der Waals surface area contributed by atoms with Crippen molar-refractivity contribution in [2.24, 2.45) is 0 Å². The van der Waals surface area contributed by atoms with Gasteiger partial charge in [-0.15, -0.1) is 0 Å². The number of hydrogen-bond acceptors (Lipinski definition) is 3. The van der Waals surface area contributed by atoms with Crippen LogP contribution in [0.4, 0.5) is 4.79 Å². The van der Waals surface area contributed by atoms with E-state index in [4.69, 9.17) is 4.74 Å². The Bertz CT molecular complexity index is 687. The number of benzene rings is 1. The van der Waals surface area contributed by atoms with Crippen LogP contribution in [0.1, 0.15) is 31.3 Å². The first-order valence-corrected chi connectivity index (χ1v) is 7.84. The molecule has 0 bridgehead atoms. The highest BCUT2D eigenvalue weighted by molar-refractivity contribution is 5.93. The van der Waals surface area contributed by atoms with E-state index in [9.17, 15) is 9.59 Å². The number of alkyl carbamates (subject to hydrolysis) is 1. The minimum atomic E-state index is -0.536. The first-order chi connectivity index (χ1) is 11.3. The van der Waals surface area contributed by atoms with E-state index in [-0.39, 0.29) is 5.91 Å². The summed E-state index contributed by atoms with van der Waals surface area (Å²) < 4.78 is 5.11. The minimum Gasteiger partial charge on any atom is -0.444 e. The third-order valence-electron chi connectivity index (χ3n) is 3.09. The molecule has 24 heavy (non-hydrogen) atoms. The Labute approximate surface area is 141 Å². The van der Waals surface area contributed by atoms with Crippen LogP contribution in [0.2, 0.25) is 0 Å². The maximum atomic E-state index is 12.1. The van der Waals surface area contributed by atoms with Crippen LogP contribution < -0.4 is 10.6 Å². The van der Waals surface area contributed by atoms with Crippen LogP contribution in [0.25, 0.3) is 11.3 Å². The van der Waals surface area contributed by atoms with Gasteiger partial charge in [0.05, 0.1) is 0 Å². The standard InChI is InChI=1S/C18H23N3O3/c1-18(2,3)24-17(23)20-12-11-19-16(22)15-10-9-14(21-15)13-7-5-4-6-8-13/h4-10,21H,11-12H2,1-3H3,(H,19,22)(H,20,23). The molecule has 0 fully saturated rings. The monoisotopic (exact) mass is 329 g/mol. The van der Waals surface area contributed by atoms with Gasteiger partial charge in [0.1, 0.15) is 11.3 Å². The molecule has 0 unspecified atom stereocenters. The largest absolute Gasteiger partial charge is 0.444 e. The molecule has 0 saturated heterocycles. The smallest absolute Gasteiger partial charge is 0.407 e. The van der Waals surface area contributed by atoms with Crippen molar-refractivity contribution in [3.63, 3.8) is 0 Å². The zero-order valence-corrected chi connectivity index (χ0v) is 14.2. The van der Waals surface area contributed by atoms with Gasteiger partial charge in [-0.1, -0.05) is 30.3 Å². The maximum absolute atomic E-state index is 12.1. The highest BCUT2D eigenvalue weighted by Gasteiger charge is 2.15. The molecule has 2 amide bonds. The number of H-pyrrole nitrogens is 1. The summed E-state index contributed by atoms with van der Waals surface area (Å²) in [7, 11) is 0. The van der Waals surface area contributed by atoms with Crippen molar-refractivity contribution < 1.29 is 14.3 Å². The number of carbonyl (C=O) groups is 2. The van der Waals surface area contributed by atoms with Gasteiger partial charge in [0.15, 0.2) is 0 Å². The molecule has 0 aliphatic heterocycles. The molecule has 2 rings (SSSR count). The molecular formula is C18H23N3O3. The van der Waals surface area contributed by atoms with Crippen molar-refractivity contribution in [2.75, 3.05) is 13.1 Å². The summed E-state index contributed by atoms with van der Waals surface area (Å²) in [5.41, 5.74) is 1.84. The van der Waals surface area contributed by atoms with Crippen LogP contribution in [0.15, 0.2) is 42.5 Å². The van der Waals surface area contributed by atoms with Crippen molar-refractivity contribution in [3.05, 3.63) is 48.2 Å². The van der Waals surface area contributed by atoms with Gasteiger partial charge in [-0.2, -0.15) is 0 Å². The van der Waals surface area contributed by atoms with Gasteiger partial charge in [0, 0.05) is 18.8 Å². The van der Waals surface area contributed by atoms with Crippen LogP contribution in [-0.2, 0) is 4.74 Å². The van der Waals surface area contributed by atoms with E-state index in [0.29, 0.717) is 18.8 Å². The van der Waals surface area contributed by atoms with Crippen LogP contribution in [0.3, 0.4) is 0 Å². The zero-order chi connectivity index (χ0) is 17.6. The quantitative estimate of drug-likeness (QED) is 0.738.